The highest BCUT2D eigenvalue weighted by atomic mass is 16.5. The van der Waals surface area contributed by atoms with Crippen molar-refractivity contribution >= 4 is 11.5 Å². The summed E-state index contributed by atoms with van der Waals surface area (Å²) in [5, 5.41) is 8.21. The van der Waals surface area contributed by atoms with Gasteiger partial charge >= 0.3 is 0 Å². The molecular weight excluding hydrogens is 214 g/mol. The van der Waals surface area contributed by atoms with Gasteiger partial charge in [0.15, 0.2) is 0 Å². The first-order valence-corrected chi connectivity index (χ1v) is 5.90. The molecule has 2 aliphatic rings. The lowest BCUT2D eigenvalue weighted by atomic mass is 9.96. The van der Waals surface area contributed by atoms with Gasteiger partial charge in [-0.2, -0.15) is 5.10 Å². The van der Waals surface area contributed by atoms with Crippen molar-refractivity contribution in [2.24, 2.45) is 21.9 Å². The smallest absolute Gasteiger partial charge is 0.125 e. The minimum atomic E-state index is 0.270. The van der Waals surface area contributed by atoms with Gasteiger partial charge in [-0.3, -0.25) is 0 Å². The lowest BCUT2D eigenvalue weighted by molar-refractivity contribution is 0.357. The Kier molecular flexibility index (Phi) is 2.35. The van der Waals surface area contributed by atoms with Gasteiger partial charge < -0.3 is 10.5 Å². The summed E-state index contributed by atoms with van der Waals surface area (Å²) in [6.45, 7) is 2.86. The highest BCUT2D eigenvalue weighted by molar-refractivity contribution is 6.05. The largest absolute Gasteiger partial charge is 0.493 e. The zero-order valence-electron chi connectivity index (χ0n) is 9.81. The Bertz CT molecular complexity index is 519. The first-order valence-electron chi connectivity index (χ1n) is 5.90. The lowest BCUT2D eigenvalue weighted by Gasteiger charge is -2.16. The van der Waals surface area contributed by atoms with E-state index in [9.17, 15) is 0 Å². The molecule has 0 amide bonds. The van der Waals surface area contributed by atoms with Crippen molar-refractivity contribution in [2.45, 2.75) is 19.8 Å². The maximum absolute atomic E-state index is 5.73. The summed E-state index contributed by atoms with van der Waals surface area (Å²) in [7, 11) is 0. The molecule has 4 heteroatoms. The Morgan fingerprint density at radius 2 is 2.24 bits per heavy atom. The number of hydrogen-bond acceptors (Lipinski definition) is 4. The fourth-order valence-corrected chi connectivity index (χ4v) is 2.19. The average Bonchev–Trinajstić information content (AvgIpc) is 2.79. The zero-order valence-corrected chi connectivity index (χ0v) is 9.81. The van der Waals surface area contributed by atoms with Crippen LogP contribution in [-0.2, 0) is 6.42 Å². The molecule has 2 heterocycles. The van der Waals surface area contributed by atoms with Crippen LogP contribution in [0.5, 0.6) is 5.75 Å². The number of nitrogens with two attached hydrogens (primary N) is 1. The van der Waals surface area contributed by atoms with E-state index in [-0.39, 0.29) is 5.92 Å². The number of rotatable bonds is 1. The molecule has 3 rings (SSSR count). The number of amidine groups is 1. The second kappa shape index (κ2) is 3.87. The Labute approximate surface area is 100 Å². The van der Waals surface area contributed by atoms with Crippen LogP contribution in [0.25, 0.3) is 0 Å². The minimum absolute atomic E-state index is 0.270. The molecule has 0 radical (unpaired) electrons. The van der Waals surface area contributed by atoms with E-state index in [1.807, 2.05) is 12.1 Å². The van der Waals surface area contributed by atoms with Gasteiger partial charge in [-0.15, -0.1) is 5.10 Å². The molecule has 88 valence electrons. The zero-order chi connectivity index (χ0) is 11.8. The standard InChI is InChI=1S/C13H15N3O/c1-8-6-11(15-16-13(8)14)9-2-3-12-10(7-9)4-5-17-12/h2-3,7-8H,4-6H2,1H3,(H2,14,16). The second-order valence-corrected chi connectivity index (χ2v) is 4.60. The van der Waals surface area contributed by atoms with Crippen LogP contribution in [0.2, 0.25) is 0 Å². The number of hydrogen-bond donors (Lipinski definition) is 1. The van der Waals surface area contributed by atoms with Crippen molar-refractivity contribution in [1.82, 2.24) is 0 Å². The fourth-order valence-electron chi connectivity index (χ4n) is 2.19. The quantitative estimate of drug-likeness (QED) is 0.797. The molecule has 2 aliphatic heterocycles. The molecule has 1 unspecified atom stereocenters. The molecule has 17 heavy (non-hydrogen) atoms. The number of fused-ring (bicyclic) bond motifs is 1. The van der Waals surface area contributed by atoms with Gasteiger partial charge in [0.25, 0.3) is 0 Å². The molecule has 4 nitrogen and oxygen atoms in total. The summed E-state index contributed by atoms with van der Waals surface area (Å²) in [6.07, 6.45) is 1.84. The van der Waals surface area contributed by atoms with E-state index < -0.39 is 0 Å². The molecule has 0 spiro atoms. The highest BCUT2D eigenvalue weighted by Gasteiger charge is 2.19. The third kappa shape index (κ3) is 1.79. The van der Waals surface area contributed by atoms with E-state index in [1.165, 1.54) is 5.56 Å². The molecule has 0 saturated heterocycles. The van der Waals surface area contributed by atoms with Crippen molar-refractivity contribution in [3.05, 3.63) is 29.3 Å². The van der Waals surface area contributed by atoms with E-state index in [2.05, 4.69) is 23.2 Å². The number of benzene rings is 1. The predicted molar refractivity (Wildman–Crippen MR) is 67.6 cm³/mol. The first-order chi connectivity index (χ1) is 8.24. The summed E-state index contributed by atoms with van der Waals surface area (Å²) >= 11 is 0. The minimum Gasteiger partial charge on any atom is -0.493 e. The van der Waals surface area contributed by atoms with Crippen LogP contribution in [0, 0.1) is 5.92 Å². The molecular formula is C13H15N3O. The summed E-state index contributed by atoms with van der Waals surface area (Å²) in [5.41, 5.74) is 9.15. The molecule has 1 aromatic rings. The molecule has 2 N–H and O–H groups in total. The third-order valence-electron chi connectivity index (χ3n) is 3.31. The van der Waals surface area contributed by atoms with E-state index >= 15 is 0 Å². The van der Waals surface area contributed by atoms with E-state index in [0.29, 0.717) is 5.84 Å². The maximum atomic E-state index is 5.73. The Balaban J connectivity index is 1.95. The molecule has 0 aliphatic carbocycles. The second-order valence-electron chi connectivity index (χ2n) is 4.60. The Morgan fingerprint density at radius 1 is 1.35 bits per heavy atom. The lowest BCUT2D eigenvalue weighted by Crippen LogP contribution is -2.26. The summed E-state index contributed by atoms with van der Waals surface area (Å²) < 4.78 is 5.49. The van der Waals surface area contributed by atoms with Crippen LogP contribution in [0.15, 0.2) is 28.4 Å². The van der Waals surface area contributed by atoms with Crippen LogP contribution < -0.4 is 10.5 Å². The van der Waals surface area contributed by atoms with Crippen LogP contribution in [-0.4, -0.2) is 18.2 Å². The molecule has 0 fully saturated rings. The van der Waals surface area contributed by atoms with Gasteiger partial charge in [0.1, 0.15) is 11.6 Å². The summed E-state index contributed by atoms with van der Waals surface area (Å²) in [5.74, 6) is 1.89. The number of ether oxygens (including phenoxy) is 1. The third-order valence-corrected chi connectivity index (χ3v) is 3.31. The maximum Gasteiger partial charge on any atom is 0.125 e. The van der Waals surface area contributed by atoms with Crippen molar-refractivity contribution < 1.29 is 4.74 Å². The van der Waals surface area contributed by atoms with E-state index in [1.54, 1.807) is 0 Å². The van der Waals surface area contributed by atoms with Gasteiger partial charge in [0, 0.05) is 18.8 Å². The van der Waals surface area contributed by atoms with Gasteiger partial charge in [-0.1, -0.05) is 6.92 Å². The van der Waals surface area contributed by atoms with E-state index in [0.717, 1.165) is 36.5 Å². The van der Waals surface area contributed by atoms with Gasteiger partial charge in [0.2, 0.25) is 0 Å². The van der Waals surface area contributed by atoms with Gasteiger partial charge in [-0.05, 0) is 29.3 Å². The molecule has 0 saturated carbocycles. The van der Waals surface area contributed by atoms with Crippen LogP contribution >= 0.6 is 0 Å². The van der Waals surface area contributed by atoms with Gasteiger partial charge in [-0.25, -0.2) is 0 Å². The van der Waals surface area contributed by atoms with Crippen molar-refractivity contribution in [3.63, 3.8) is 0 Å². The SMILES string of the molecule is CC1CC(c2ccc3c(c2)CCO3)=NN=C1N. The Morgan fingerprint density at radius 3 is 3.06 bits per heavy atom. The predicted octanol–water partition coefficient (Wildman–Crippen LogP) is 1.72. The highest BCUT2D eigenvalue weighted by Crippen LogP contribution is 2.27. The molecule has 0 aromatic heterocycles. The summed E-state index contributed by atoms with van der Waals surface area (Å²) in [4.78, 5) is 0. The molecule has 1 aromatic carbocycles. The average molecular weight is 229 g/mol. The normalized spacial score (nSPS) is 22.5. The van der Waals surface area contributed by atoms with Gasteiger partial charge in [0.05, 0.1) is 12.3 Å². The fraction of sp³-hybridized carbons (Fsp3) is 0.385. The molecule has 0 bridgehead atoms. The van der Waals surface area contributed by atoms with Crippen LogP contribution in [0.1, 0.15) is 24.5 Å². The topological polar surface area (TPSA) is 60.0 Å². The van der Waals surface area contributed by atoms with Crippen LogP contribution in [0.3, 0.4) is 0 Å². The van der Waals surface area contributed by atoms with Crippen molar-refractivity contribution in [2.75, 3.05) is 6.61 Å². The Hall–Kier alpha value is -1.84. The van der Waals surface area contributed by atoms with E-state index in [4.69, 9.17) is 10.5 Å². The number of nitrogens with zero attached hydrogens (tertiary/aromatic N) is 2. The molecule has 1 atom stereocenters. The first kappa shape index (κ1) is 10.3. The van der Waals surface area contributed by atoms with Crippen molar-refractivity contribution in [3.8, 4) is 5.75 Å². The monoisotopic (exact) mass is 229 g/mol. The van der Waals surface area contributed by atoms with Crippen LogP contribution in [0.4, 0.5) is 0 Å². The summed E-state index contributed by atoms with van der Waals surface area (Å²) in [6, 6.07) is 6.23. The van der Waals surface area contributed by atoms with Crippen molar-refractivity contribution in [1.29, 1.82) is 0 Å².